The summed E-state index contributed by atoms with van der Waals surface area (Å²) in [6, 6.07) is 0. The van der Waals surface area contributed by atoms with Gasteiger partial charge in [-0.05, 0) is 30.8 Å². The van der Waals surface area contributed by atoms with E-state index in [2.05, 4.69) is 6.58 Å². The van der Waals surface area contributed by atoms with E-state index in [-0.39, 0.29) is 11.2 Å². The van der Waals surface area contributed by atoms with E-state index in [0.717, 1.165) is 5.75 Å². The first kappa shape index (κ1) is 15.6. The fourth-order valence-electron chi connectivity index (χ4n) is 2.68. The molecular formula is C12H21BO4S. The Morgan fingerprint density at radius 1 is 1.67 bits per heavy atom. The fourth-order valence-corrected chi connectivity index (χ4v) is 4.48. The molecular weight excluding hydrogens is 251 g/mol. The number of thioether (sulfide) groups is 1. The maximum Gasteiger partial charge on any atom is 0.451 e. The van der Waals surface area contributed by atoms with Gasteiger partial charge in [-0.3, -0.25) is 4.79 Å². The average molecular weight is 272 g/mol. The molecule has 4 nitrogen and oxygen atoms in total. The second-order valence-corrected chi connectivity index (χ2v) is 6.20. The fraction of sp³-hybridized carbons (Fsp3) is 0.750. The number of carboxylic acid groups (broad SMARTS) is 1. The van der Waals surface area contributed by atoms with Crippen LogP contribution in [-0.2, 0) is 4.79 Å². The minimum atomic E-state index is -1.30. The van der Waals surface area contributed by atoms with E-state index >= 15 is 0 Å². The smallest absolute Gasteiger partial charge is 0.451 e. The largest absolute Gasteiger partial charge is 0.481 e. The van der Waals surface area contributed by atoms with Crippen molar-refractivity contribution in [2.75, 3.05) is 5.75 Å². The zero-order valence-electron chi connectivity index (χ0n) is 10.7. The van der Waals surface area contributed by atoms with Crippen LogP contribution in [0.4, 0.5) is 0 Å². The highest BCUT2D eigenvalue weighted by Gasteiger charge is 2.52. The van der Waals surface area contributed by atoms with Gasteiger partial charge in [0.25, 0.3) is 0 Å². The summed E-state index contributed by atoms with van der Waals surface area (Å²) in [5.41, 5.74) is -0.743. The Balaban J connectivity index is 2.75. The van der Waals surface area contributed by atoms with Gasteiger partial charge < -0.3 is 15.2 Å². The minimum Gasteiger partial charge on any atom is -0.481 e. The molecule has 0 aromatic rings. The van der Waals surface area contributed by atoms with Gasteiger partial charge >= 0.3 is 13.1 Å². The summed E-state index contributed by atoms with van der Waals surface area (Å²) in [7, 11) is -1.30. The topological polar surface area (TPSA) is 77.8 Å². The van der Waals surface area contributed by atoms with Gasteiger partial charge in [0.1, 0.15) is 0 Å². The Morgan fingerprint density at radius 2 is 2.33 bits per heavy atom. The first-order valence-electron chi connectivity index (χ1n) is 6.28. The van der Waals surface area contributed by atoms with E-state index in [1.54, 1.807) is 17.8 Å². The number of carbonyl (C=O) groups is 1. The van der Waals surface area contributed by atoms with Crippen molar-refractivity contribution in [3.05, 3.63) is 12.7 Å². The summed E-state index contributed by atoms with van der Waals surface area (Å²) in [6.07, 6.45) is 4.01. The number of hydrogen-bond donors (Lipinski definition) is 3. The summed E-state index contributed by atoms with van der Waals surface area (Å²) < 4.78 is 0. The molecule has 3 atom stereocenters. The molecule has 0 spiro atoms. The molecule has 0 saturated carbocycles. The van der Waals surface area contributed by atoms with Crippen LogP contribution in [0.1, 0.15) is 26.2 Å². The molecule has 0 aromatic carbocycles. The normalized spacial score (nSPS) is 28.9. The molecule has 1 aliphatic heterocycles. The van der Waals surface area contributed by atoms with E-state index in [0.29, 0.717) is 25.6 Å². The van der Waals surface area contributed by atoms with Gasteiger partial charge in [-0.1, -0.05) is 19.4 Å². The van der Waals surface area contributed by atoms with Gasteiger partial charge in [0.2, 0.25) is 0 Å². The zero-order chi connectivity index (χ0) is 13.8. The summed E-state index contributed by atoms with van der Waals surface area (Å²) in [5, 5.41) is 27.3. The lowest BCUT2D eigenvalue weighted by atomic mass is 9.69. The summed E-state index contributed by atoms with van der Waals surface area (Å²) in [4.78, 5) is 11.7. The number of carboxylic acids is 1. The van der Waals surface area contributed by atoms with Crippen LogP contribution in [0, 0.1) is 11.3 Å². The van der Waals surface area contributed by atoms with Crippen molar-refractivity contribution in [2.24, 2.45) is 11.3 Å². The highest BCUT2D eigenvalue weighted by Crippen LogP contribution is 2.50. The van der Waals surface area contributed by atoms with Gasteiger partial charge in [0.15, 0.2) is 0 Å². The molecule has 3 unspecified atom stereocenters. The van der Waals surface area contributed by atoms with Crippen LogP contribution in [0.3, 0.4) is 0 Å². The molecule has 18 heavy (non-hydrogen) atoms. The molecule has 0 amide bonds. The maximum atomic E-state index is 11.7. The van der Waals surface area contributed by atoms with Crippen LogP contribution in [0.25, 0.3) is 0 Å². The number of hydrogen-bond acceptors (Lipinski definition) is 4. The molecule has 6 heteroatoms. The van der Waals surface area contributed by atoms with E-state index in [1.807, 2.05) is 6.92 Å². The lowest BCUT2D eigenvalue weighted by Crippen LogP contribution is -2.42. The first-order chi connectivity index (χ1) is 8.45. The van der Waals surface area contributed by atoms with E-state index in [4.69, 9.17) is 10.0 Å². The number of aliphatic carboxylic acids is 1. The van der Waals surface area contributed by atoms with Crippen LogP contribution in [0.2, 0.25) is 6.32 Å². The molecule has 0 radical (unpaired) electrons. The van der Waals surface area contributed by atoms with E-state index < -0.39 is 18.5 Å². The molecule has 1 fully saturated rings. The Hall–Kier alpha value is -0.455. The van der Waals surface area contributed by atoms with Gasteiger partial charge in [-0.15, -0.1) is 6.58 Å². The molecule has 102 valence electrons. The molecule has 0 bridgehead atoms. The minimum absolute atomic E-state index is 0.0294. The van der Waals surface area contributed by atoms with Gasteiger partial charge in [-0.2, -0.15) is 11.8 Å². The van der Waals surface area contributed by atoms with Gasteiger partial charge in [-0.25, -0.2) is 0 Å². The van der Waals surface area contributed by atoms with Crippen molar-refractivity contribution in [1.29, 1.82) is 0 Å². The highest BCUT2D eigenvalue weighted by atomic mass is 32.2. The van der Waals surface area contributed by atoms with E-state index in [1.165, 1.54) is 0 Å². The third kappa shape index (κ3) is 3.10. The Bertz CT molecular complexity index is 310. The molecule has 1 saturated heterocycles. The van der Waals surface area contributed by atoms with Crippen LogP contribution < -0.4 is 0 Å². The first-order valence-corrected chi connectivity index (χ1v) is 7.33. The van der Waals surface area contributed by atoms with Crippen molar-refractivity contribution in [2.45, 2.75) is 37.8 Å². The number of allylic oxidation sites excluding steroid dienone is 1. The van der Waals surface area contributed by atoms with Crippen LogP contribution in [-0.4, -0.2) is 39.2 Å². The maximum absolute atomic E-state index is 11.7. The van der Waals surface area contributed by atoms with Crippen molar-refractivity contribution in [3.8, 4) is 0 Å². The van der Waals surface area contributed by atoms with Crippen LogP contribution in [0.15, 0.2) is 12.7 Å². The summed E-state index contributed by atoms with van der Waals surface area (Å²) in [5.74, 6) is 0.0140. The standard InChI is InChI=1S/C12H21BO4S/c1-3-9(2)12(11(14)15)6-8-18-10(12)5-4-7-13(16)17/h3,9-10,16-17H,1,4-8H2,2H3,(H,14,15). The van der Waals surface area contributed by atoms with Crippen molar-refractivity contribution in [3.63, 3.8) is 0 Å². The summed E-state index contributed by atoms with van der Waals surface area (Å²) in [6.45, 7) is 5.63. The quantitative estimate of drug-likeness (QED) is 0.485. The SMILES string of the molecule is C=CC(C)C1(C(=O)O)CCSC1CCCB(O)O. The Kier molecular flexibility index (Phi) is 5.75. The predicted molar refractivity (Wildman–Crippen MR) is 74.5 cm³/mol. The number of rotatable bonds is 7. The highest BCUT2D eigenvalue weighted by molar-refractivity contribution is 8.00. The second-order valence-electron chi connectivity index (χ2n) is 4.89. The third-order valence-electron chi connectivity index (χ3n) is 3.90. The predicted octanol–water partition coefficient (Wildman–Crippen LogP) is 1.64. The average Bonchev–Trinajstić information content (AvgIpc) is 2.72. The van der Waals surface area contributed by atoms with Crippen molar-refractivity contribution < 1.29 is 19.9 Å². The molecule has 1 aliphatic rings. The van der Waals surface area contributed by atoms with Gasteiger partial charge in [0, 0.05) is 5.25 Å². The Labute approximate surface area is 113 Å². The Morgan fingerprint density at radius 3 is 2.83 bits per heavy atom. The molecule has 1 heterocycles. The van der Waals surface area contributed by atoms with Crippen molar-refractivity contribution >= 4 is 24.8 Å². The lowest BCUT2D eigenvalue weighted by molar-refractivity contribution is -0.151. The molecule has 1 rings (SSSR count). The molecule has 3 N–H and O–H groups in total. The monoisotopic (exact) mass is 272 g/mol. The molecule has 0 aliphatic carbocycles. The van der Waals surface area contributed by atoms with Crippen LogP contribution in [0.5, 0.6) is 0 Å². The molecule has 0 aromatic heterocycles. The van der Waals surface area contributed by atoms with Gasteiger partial charge in [0.05, 0.1) is 5.41 Å². The van der Waals surface area contributed by atoms with Crippen LogP contribution >= 0.6 is 11.8 Å². The van der Waals surface area contributed by atoms with E-state index in [9.17, 15) is 9.90 Å². The summed E-state index contributed by atoms with van der Waals surface area (Å²) >= 11 is 1.68. The second kappa shape index (κ2) is 6.64. The lowest BCUT2D eigenvalue weighted by Gasteiger charge is -2.34. The third-order valence-corrected chi connectivity index (χ3v) is 5.40. The van der Waals surface area contributed by atoms with Crippen molar-refractivity contribution in [1.82, 2.24) is 0 Å². The zero-order valence-corrected chi connectivity index (χ0v) is 11.5.